The molecule has 0 radical (unpaired) electrons. The lowest BCUT2D eigenvalue weighted by atomic mass is 10.2. The lowest BCUT2D eigenvalue weighted by molar-refractivity contribution is 0.195. The predicted molar refractivity (Wildman–Crippen MR) is 61.9 cm³/mol. The van der Waals surface area contributed by atoms with Gasteiger partial charge in [-0.1, -0.05) is 27.2 Å². The minimum atomic E-state index is -0.874. The monoisotopic (exact) mass is 221 g/mol. The molecule has 0 spiro atoms. The maximum Gasteiger partial charge on any atom is 0.0779 e. The minimum Gasteiger partial charge on any atom is -0.391 e. The number of nitrogens with one attached hydrogen (secondary N) is 1. The van der Waals surface area contributed by atoms with Gasteiger partial charge in [0.25, 0.3) is 0 Å². The summed E-state index contributed by atoms with van der Waals surface area (Å²) in [6.07, 6.45) is 0.578. The standard InChI is InChI=1S/C10H23NO2S/c1-4-9(3)7-14(13)8-10(12)6-11-5-2/h9-12H,4-8H2,1-3H3. The van der Waals surface area contributed by atoms with Gasteiger partial charge in [-0.05, 0) is 12.5 Å². The second-order valence-corrected chi connectivity index (χ2v) is 5.29. The lowest BCUT2D eigenvalue weighted by Crippen LogP contribution is -2.31. The molecule has 0 saturated heterocycles. The number of rotatable bonds is 8. The molecule has 0 aliphatic rings. The van der Waals surface area contributed by atoms with Gasteiger partial charge in [0.2, 0.25) is 0 Å². The van der Waals surface area contributed by atoms with Crippen molar-refractivity contribution in [3.05, 3.63) is 0 Å². The summed E-state index contributed by atoms with van der Waals surface area (Å²) in [7, 11) is -0.874. The molecule has 0 saturated carbocycles. The molecule has 0 aromatic carbocycles. The average Bonchev–Trinajstić information content (AvgIpc) is 2.14. The van der Waals surface area contributed by atoms with Crippen LogP contribution in [0.5, 0.6) is 0 Å². The Hall–Kier alpha value is 0.0700. The highest BCUT2D eigenvalue weighted by Crippen LogP contribution is 2.03. The molecule has 0 aromatic heterocycles. The van der Waals surface area contributed by atoms with Crippen molar-refractivity contribution < 1.29 is 9.32 Å². The van der Waals surface area contributed by atoms with Crippen LogP contribution in [0.1, 0.15) is 27.2 Å². The lowest BCUT2D eigenvalue weighted by Gasteiger charge is -2.12. The van der Waals surface area contributed by atoms with E-state index in [1.54, 1.807) is 0 Å². The Morgan fingerprint density at radius 1 is 1.36 bits per heavy atom. The van der Waals surface area contributed by atoms with Crippen LogP contribution in [-0.4, -0.2) is 40.0 Å². The van der Waals surface area contributed by atoms with E-state index in [1.807, 2.05) is 6.92 Å². The van der Waals surface area contributed by atoms with Gasteiger partial charge in [-0.2, -0.15) is 0 Å². The van der Waals surface area contributed by atoms with Crippen molar-refractivity contribution in [1.29, 1.82) is 0 Å². The molecule has 2 N–H and O–H groups in total. The first kappa shape index (κ1) is 14.1. The molecule has 3 unspecified atom stereocenters. The Bertz CT molecular complexity index is 164. The summed E-state index contributed by atoms with van der Waals surface area (Å²) < 4.78 is 11.5. The van der Waals surface area contributed by atoms with E-state index in [2.05, 4.69) is 19.2 Å². The molecule has 0 aromatic rings. The van der Waals surface area contributed by atoms with E-state index in [4.69, 9.17) is 0 Å². The SMILES string of the molecule is CCNCC(O)CS(=O)CC(C)CC. The first-order valence-corrected chi connectivity index (χ1v) is 6.82. The molecule has 0 aliphatic heterocycles. The molecule has 0 fully saturated rings. The van der Waals surface area contributed by atoms with Gasteiger partial charge in [-0.15, -0.1) is 0 Å². The molecule has 0 amide bonds. The van der Waals surface area contributed by atoms with Crippen molar-refractivity contribution in [2.75, 3.05) is 24.6 Å². The zero-order valence-electron chi connectivity index (χ0n) is 9.45. The Kier molecular flexibility index (Phi) is 8.43. The van der Waals surface area contributed by atoms with Crippen molar-refractivity contribution in [3.63, 3.8) is 0 Å². The van der Waals surface area contributed by atoms with Gasteiger partial charge in [0.15, 0.2) is 0 Å². The van der Waals surface area contributed by atoms with Crippen LogP contribution in [-0.2, 0) is 10.8 Å². The summed E-state index contributed by atoms with van der Waals surface area (Å²) in [5, 5.41) is 12.5. The molecule has 14 heavy (non-hydrogen) atoms. The van der Waals surface area contributed by atoms with Crippen LogP contribution in [0.2, 0.25) is 0 Å². The summed E-state index contributed by atoms with van der Waals surface area (Å²) in [6.45, 7) is 7.56. The zero-order chi connectivity index (χ0) is 11.0. The molecule has 86 valence electrons. The van der Waals surface area contributed by atoms with Crippen LogP contribution < -0.4 is 5.32 Å². The predicted octanol–water partition coefficient (Wildman–Crippen LogP) is 0.752. The molecule has 3 atom stereocenters. The first-order valence-electron chi connectivity index (χ1n) is 5.33. The largest absolute Gasteiger partial charge is 0.391 e. The fourth-order valence-corrected chi connectivity index (χ4v) is 2.64. The Labute approximate surface area is 89.7 Å². The third kappa shape index (κ3) is 7.47. The molecule has 0 rings (SSSR count). The van der Waals surface area contributed by atoms with E-state index in [0.29, 0.717) is 24.0 Å². The van der Waals surface area contributed by atoms with E-state index in [0.717, 1.165) is 13.0 Å². The van der Waals surface area contributed by atoms with Crippen molar-refractivity contribution in [2.45, 2.75) is 33.3 Å². The van der Waals surface area contributed by atoms with Gasteiger partial charge in [0, 0.05) is 23.1 Å². The summed E-state index contributed by atoms with van der Waals surface area (Å²) in [6, 6.07) is 0. The maximum atomic E-state index is 11.5. The quantitative estimate of drug-likeness (QED) is 0.636. The molecule has 0 heterocycles. The third-order valence-electron chi connectivity index (χ3n) is 2.18. The Morgan fingerprint density at radius 2 is 2.00 bits per heavy atom. The molecular weight excluding hydrogens is 198 g/mol. The van der Waals surface area contributed by atoms with Gasteiger partial charge < -0.3 is 10.4 Å². The van der Waals surface area contributed by atoms with E-state index in [-0.39, 0.29) is 0 Å². The number of hydrogen-bond donors (Lipinski definition) is 2. The number of hydrogen-bond acceptors (Lipinski definition) is 3. The summed E-state index contributed by atoms with van der Waals surface area (Å²) in [5.41, 5.74) is 0. The first-order chi connectivity index (χ1) is 6.60. The van der Waals surface area contributed by atoms with Gasteiger partial charge in [-0.25, -0.2) is 0 Å². The zero-order valence-corrected chi connectivity index (χ0v) is 10.3. The van der Waals surface area contributed by atoms with Gasteiger partial charge in [0.05, 0.1) is 11.9 Å². The van der Waals surface area contributed by atoms with Gasteiger partial charge >= 0.3 is 0 Å². The van der Waals surface area contributed by atoms with E-state index >= 15 is 0 Å². The topological polar surface area (TPSA) is 49.3 Å². The van der Waals surface area contributed by atoms with Crippen LogP contribution in [0, 0.1) is 5.92 Å². The van der Waals surface area contributed by atoms with Gasteiger partial charge in [0.1, 0.15) is 0 Å². The van der Waals surface area contributed by atoms with E-state index in [1.165, 1.54) is 0 Å². The summed E-state index contributed by atoms with van der Waals surface area (Å²) in [4.78, 5) is 0. The van der Waals surface area contributed by atoms with Crippen LogP contribution in [0.3, 0.4) is 0 Å². The average molecular weight is 221 g/mol. The molecule has 3 nitrogen and oxygen atoms in total. The number of aliphatic hydroxyl groups is 1. The molecular formula is C10H23NO2S. The fraction of sp³-hybridized carbons (Fsp3) is 1.00. The maximum absolute atomic E-state index is 11.5. The number of aliphatic hydroxyl groups excluding tert-OH is 1. The van der Waals surface area contributed by atoms with Crippen molar-refractivity contribution in [2.24, 2.45) is 5.92 Å². The highest BCUT2D eigenvalue weighted by Gasteiger charge is 2.11. The Balaban J connectivity index is 3.60. The normalized spacial score (nSPS) is 17.7. The van der Waals surface area contributed by atoms with Crippen molar-refractivity contribution in [3.8, 4) is 0 Å². The highest BCUT2D eigenvalue weighted by atomic mass is 32.2. The van der Waals surface area contributed by atoms with Crippen LogP contribution in [0.15, 0.2) is 0 Å². The summed E-state index contributed by atoms with van der Waals surface area (Å²) >= 11 is 0. The van der Waals surface area contributed by atoms with Gasteiger partial charge in [-0.3, -0.25) is 4.21 Å². The van der Waals surface area contributed by atoms with Crippen molar-refractivity contribution in [1.82, 2.24) is 5.32 Å². The smallest absolute Gasteiger partial charge is 0.0779 e. The Morgan fingerprint density at radius 3 is 2.50 bits per heavy atom. The molecule has 0 bridgehead atoms. The van der Waals surface area contributed by atoms with Crippen LogP contribution in [0.25, 0.3) is 0 Å². The minimum absolute atomic E-state index is 0.400. The third-order valence-corrected chi connectivity index (χ3v) is 3.87. The highest BCUT2D eigenvalue weighted by molar-refractivity contribution is 7.85. The fourth-order valence-electron chi connectivity index (χ4n) is 1.09. The second kappa shape index (κ2) is 8.38. The molecule has 4 heteroatoms. The molecule has 0 aliphatic carbocycles. The van der Waals surface area contributed by atoms with Crippen molar-refractivity contribution >= 4 is 10.8 Å². The number of likely N-dealkylation sites (N-methyl/N-ethyl adjacent to an activating group) is 1. The van der Waals surface area contributed by atoms with Crippen LogP contribution in [0.4, 0.5) is 0 Å². The van der Waals surface area contributed by atoms with Crippen LogP contribution >= 0.6 is 0 Å². The second-order valence-electron chi connectivity index (χ2n) is 3.75. The summed E-state index contributed by atoms with van der Waals surface area (Å²) in [5.74, 6) is 1.60. The van der Waals surface area contributed by atoms with E-state index in [9.17, 15) is 9.32 Å². The van der Waals surface area contributed by atoms with E-state index < -0.39 is 16.9 Å².